The molecule has 1 atom stereocenters. The van der Waals surface area contributed by atoms with E-state index in [9.17, 15) is 4.79 Å². The third-order valence-electron chi connectivity index (χ3n) is 2.05. The Hall–Kier alpha value is -1.55. The summed E-state index contributed by atoms with van der Waals surface area (Å²) in [7, 11) is 1.53. The molecule has 4 nitrogen and oxygen atoms in total. The van der Waals surface area contributed by atoms with E-state index in [-0.39, 0.29) is 6.10 Å². The summed E-state index contributed by atoms with van der Waals surface area (Å²) in [6, 6.07) is 9.80. The van der Waals surface area contributed by atoms with Crippen LogP contribution >= 0.6 is 0 Å². The Balaban J connectivity index is 2.50. The molecule has 0 aromatic heterocycles. The first-order valence-electron chi connectivity index (χ1n) is 4.88. The molecule has 0 spiro atoms. The molecule has 0 saturated carbocycles. The first-order chi connectivity index (χ1) is 7.26. The Morgan fingerprint density at radius 3 is 2.67 bits per heavy atom. The maximum atomic E-state index is 11.0. The molecule has 0 aliphatic rings. The molecule has 1 unspecified atom stereocenters. The van der Waals surface area contributed by atoms with Gasteiger partial charge in [-0.15, -0.1) is 0 Å². The topological polar surface area (TPSA) is 64.3 Å². The normalized spacial score (nSPS) is 11.9. The highest BCUT2D eigenvalue weighted by molar-refractivity contribution is 5.66. The van der Waals surface area contributed by atoms with E-state index in [1.807, 2.05) is 30.3 Å². The fourth-order valence-corrected chi connectivity index (χ4v) is 1.26. The van der Waals surface area contributed by atoms with Crippen molar-refractivity contribution in [3.05, 3.63) is 35.9 Å². The van der Waals surface area contributed by atoms with Gasteiger partial charge in [-0.2, -0.15) is 0 Å². The van der Waals surface area contributed by atoms with Crippen LogP contribution in [0.2, 0.25) is 0 Å². The van der Waals surface area contributed by atoms with Gasteiger partial charge in [0.15, 0.2) is 0 Å². The van der Waals surface area contributed by atoms with Gasteiger partial charge in [-0.3, -0.25) is 0 Å². The molecule has 15 heavy (non-hydrogen) atoms. The number of alkyl carbamates (subject to hydrolysis) is 1. The number of nitrogens with two attached hydrogens (primary N) is 1. The minimum absolute atomic E-state index is 0.271. The maximum Gasteiger partial charge on any atom is 0.407 e. The molecular weight excluding hydrogens is 192 g/mol. The number of nitrogens with one attached hydrogen (secondary N) is 1. The summed E-state index contributed by atoms with van der Waals surface area (Å²) >= 11 is 0. The lowest BCUT2D eigenvalue weighted by Gasteiger charge is -2.15. The summed E-state index contributed by atoms with van der Waals surface area (Å²) in [5.74, 6) is 0. The molecule has 1 aromatic rings. The summed E-state index contributed by atoms with van der Waals surface area (Å²) in [6.45, 7) is 0.322. The third-order valence-corrected chi connectivity index (χ3v) is 2.05. The molecule has 0 aliphatic heterocycles. The van der Waals surface area contributed by atoms with Gasteiger partial charge in [-0.25, -0.2) is 4.79 Å². The quantitative estimate of drug-likeness (QED) is 0.773. The molecule has 0 saturated heterocycles. The molecule has 0 bridgehead atoms. The van der Waals surface area contributed by atoms with Crippen LogP contribution in [-0.2, 0) is 11.2 Å². The van der Waals surface area contributed by atoms with E-state index in [0.717, 1.165) is 5.56 Å². The zero-order chi connectivity index (χ0) is 11.1. The molecular formula is C11H16N2O2. The number of hydrogen-bond acceptors (Lipinski definition) is 3. The Morgan fingerprint density at radius 1 is 1.47 bits per heavy atom. The van der Waals surface area contributed by atoms with Gasteiger partial charge < -0.3 is 15.8 Å². The van der Waals surface area contributed by atoms with E-state index in [1.54, 1.807) is 0 Å². The fourth-order valence-electron chi connectivity index (χ4n) is 1.26. The van der Waals surface area contributed by atoms with Gasteiger partial charge in [0.1, 0.15) is 6.10 Å². The Bertz CT molecular complexity index is 301. The zero-order valence-corrected chi connectivity index (χ0v) is 8.77. The van der Waals surface area contributed by atoms with Crippen LogP contribution in [-0.4, -0.2) is 25.8 Å². The van der Waals surface area contributed by atoms with Crippen LogP contribution in [0.3, 0.4) is 0 Å². The van der Waals surface area contributed by atoms with Crippen molar-refractivity contribution < 1.29 is 9.53 Å². The molecule has 0 aliphatic carbocycles. The SMILES string of the molecule is CNC(=O)OC(CN)Cc1ccccc1. The van der Waals surface area contributed by atoms with Crippen molar-refractivity contribution in [1.82, 2.24) is 5.32 Å². The molecule has 0 heterocycles. The number of carbonyl (C=O) groups excluding carboxylic acids is 1. The van der Waals surface area contributed by atoms with Gasteiger partial charge in [0.2, 0.25) is 0 Å². The lowest BCUT2D eigenvalue weighted by molar-refractivity contribution is 0.103. The van der Waals surface area contributed by atoms with Crippen molar-refractivity contribution in [3.8, 4) is 0 Å². The third kappa shape index (κ3) is 3.99. The van der Waals surface area contributed by atoms with E-state index >= 15 is 0 Å². The number of rotatable bonds is 4. The molecule has 1 amide bonds. The number of ether oxygens (including phenoxy) is 1. The second kappa shape index (κ2) is 6.03. The molecule has 3 N–H and O–H groups in total. The Morgan fingerprint density at radius 2 is 2.13 bits per heavy atom. The standard InChI is InChI=1S/C11H16N2O2/c1-13-11(14)15-10(8-12)7-9-5-3-2-4-6-9/h2-6,10H,7-8,12H2,1H3,(H,13,14). The molecule has 4 heteroatoms. The monoisotopic (exact) mass is 208 g/mol. The molecule has 1 rings (SSSR count). The summed E-state index contributed by atoms with van der Waals surface area (Å²) in [5, 5.41) is 2.40. The van der Waals surface area contributed by atoms with Crippen LogP contribution in [0.1, 0.15) is 5.56 Å². The first-order valence-corrected chi connectivity index (χ1v) is 4.88. The second-order valence-corrected chi connectivity index (χ2v) is 3.20. The van der Waals surface area contributed by atoms with Crippen molar-refractivity contribution in [2.24, 2.45) is 5.73 Å². The highest BCUT2D eigenvalue weighted by atomic mass is 16.6. The lowest BCUT2D eigenvalue weighted by Crippen LogP contribution is -2.32. The van der Waals surface area contributed by atoms with Gasteiger partial charge in [0, 0.05) is 20.0 Å². The highest BCUT2D eigenvalue weighted by Crippen LogP contribution is 2.05. The average molecular weight is 208 g/mol. The molecule has 1 aromatic carbocycles. The summed E-state index contributed by atoms with van der Waals surface area (Å²) in [6.07, 6.45) is -0.0705. The van der Waals surface area contributed by atoms with E-state index in [2.05, 4.69) is 5.32 Å². The summed E-state index contributed by atoms with van der Waals surface area (Å²) < 4.78 is 5.08. The second-order valence-electron chi connectivity index (χ2n) is 3.20. The largest absolute Gasteiger partial charge is 0.445 e. The Kier molecular flexibility index (Phi) is 4.63. The number of carbonyl (C=O) groups is 1. The van der Waals surface area contributed by atoms with Crippen molar-refractivity contribution >= 4 is 6.09 Å². The van der Waals surface area contributed by atoms with E-state index in [1.165, 1.54) is 7.05 Å². The smallest absolute Gasteiger partial charge is 0.407 e. The first kappa shape index (κ1) is 11.5. The predicted molar refractivity (Wildman–Crippen MR) is 58.5 cm³/mol. The van der Waals surface area contributed by atoms with Gasteiger partial charge in [0.25, 0.3) is 0 Å². The van der Waals surface area contributed by atoms with Gasteiger partial charge in [-0.05, 0) is 5.56 Å². The maximum absolute atomic E-state index is 11.0. The van der Waals surface area contributed by atoms with Crippen LogP contribution in [0.15, 0.2) is 30.3 Å². The lowest BCUT2D eigenvalue weighted by atomic mass is 10.1. The zero-order valence-electron chi connectivity index (χ0n) is 8.77. The van der Waals surface area contributed by atoms with Crippen LogP contribution in [0.5, 0.6) is 0 Å². The van der Waals surface area contributed by atoms with Crippen molar-refractivity contribution in [2.45, 2.75) is 12.5 Å². The van der Waals surface area contributed by atoms with Crippen molar-refractivity contribution in [1.29, 1.82) is 0 Å². The fraction of sp³-hybridized carbons (Fsp3) is 0.364. The van der Waals surface area contributed by atoms with Crippen LogP contribution in [0.25, 0.3) is 0 Å². The minimum Gasteiger partial charge on any atom is -0.445 e. The molecule has 0 fully saturated rings. The van der Waals surface area contributed by atoms with Gasteiger partial charge in [-0.1, -0.05) is 30.3 Å². The summed E-state index contributed by atoms with van der Waals surface area (Å²) in [5.41, 5.74) is 6.63. The number of amides is 1. The van der Waals surface area contributed by atoms with Crippen molar-refractivity contribution in [2.75, 3.05) is 13.6 Å². The van der Waals surface area contributed by atoms with Gasteiger partial charge >= 0.3 is 6.09 Å². The number of benzene rings is 1. The minimum atomic E-state index is -0.443. The van der Waals surface area contributed by atoms with Crippen molar-refractivity contribution in [3.63, 3.8) is 0 Å². The highest BCUT2D eigenvalue weighted by Gasteiger charge is 2.11. The average Bonchev–Trinajstić information content (AvgIpc) is 2.29. The number of hydrogen-bond donors (Lipinski definition) is 2. The predicted octanol–water partition coefficient (Wildman–Crippen LogP) is 0.912. The molecule has 82 valence electrons. The summed E-state index contributed by atoms with van der Waals surface area (Å²) in [4.78, 5) is 11.0. The van der Waals surface area contributed by atoms with Crippen LogP contribution in [0, 0.1) is 0 Å². The van der Waals surface area contributed by atoms with Gasteiger partial charge in [0.05, 0.1) is 0 Å². The molecule has 0 radical (unpaired) electrons. The Labute approximate surface area is 89.4 Å². The van der Waals surface area contributed by atoms with E-state index in [0.29, 0.717) is 13.0 Å². The van der Waals surface area contributed by atoms with Crippen LogP contribution < -0.4 is 11.1 Å². The van der Waals surface area contributed by atoms with E-state index < -0.39 is 6.09 Å². The van der Waals surface area contributed by atoms with Crippen LogP contribution in [0.4, 0.5) is 4.79 Å². The van der Waals surface area contributed by atoms with E-state index in [4.69, 9.17) is 10.5 Å².